The number of carboxylic acid groups (broad SMARTS) is 1. The third kappa shape index (κ3) is 2.51. The zero-order chi connectivity index (χ0) is 14.9. The van der Waals surface area contributed by atoms with Crippen LogP contribution in [0.25, 0.3) is 0 Å². The second-order valence-corrected chi connectivity index (χ2v) is 6.15. The van der Waals surface area contributed by atoms with Crippen molar-refractivity contribution in [1.82, 2.24) is 19.4 Å². The first-order chi connectivity index (χ1) is 9.34. The molecule has 0 aromatic carbocycles. The van der Waals surface area contributed by atoms with E-state index in [-0.39, 0.29) is 18.1 Å². The molecule has 1 atom stereocenters. The highest BCUT2D eigenvalue weighted by molar-refractivity contribution is 7.89. The van der Waals surface area contributed by atoms with E-state index in [0.29, 0.717) is 0 Å². The lowest BCUT2D eigenvalue weighted by atomic mass is 10.1. The van der Waals surface area contributed by atoms with E-state index in [4.69, 9.17) is 5.11 Å². The number of carbonyl (C=O) groups excluding carboxylic acids is 1. The number of sulfonamides is 1. The Morgan fingerprint density at radius 3 is 2.85 bits per heavy atom. The number of rotatable bonds is 4. The summed E-state index contributed by atoms with van der Waals surface area (Å²) in [6, 6.07) is 0.0563. The summed E-state index contributed by atoms with van der Waals surface area (Å²) in [5, 5.41) is 15.0. The fourth-order valence-electron chi connectivity index (χ4n) is 2.08. The highest BCUT2D eigenvalue weighted by atomic mass is 32.2. The van der Waals surface area contributed by atoms with Crippen molar-refractivity contribution in [3.63, 3.8) is 0 Å². The maximum atomic E-state index is 12.5. The van der Waals surface area contributed by atoms with E-state index in [9.17, 15) is 18.0 Å². The van der Waals surface area contributed by atoms with E-state index >= 15 is 0 Å². The van der Waals surface area contributed by atoms with Crippen molar-refractivity contribution in [3.05, 3.63) is 12.3 Å². The minimum absolute atomic E-state index is 0.0250. The first-order valence-corrected chi connectivity index (χ1v) is 7.27. The molecule has 0 saturated carbocycles. The third-order valence-corrected chi connectivity index (χ3v) is 4.98. The minimum Gasteiger partial charge on any atom is -0.481 e. The van der Waals surface area contributed by atoms with Crippen LogP contribution in [0.4, 0.5) is 0 Å². The Labute approximate surface area is 115 Å². The van der Waals surface area contributed by atoms with Crippen LogP contribution in [-0.2, 0) is 26.7 Å². The molecular formula is C10H14N4O5S. The summed E-state index contributed by atoms with van der Waals surface area (Å²) in [6.45, 7) is 0.170. The van der Waals surface area contributed by atoms with E-state index in [2.05, 4.69) is 10.4 Å². The van der Waals surface area contributed by atoms with Gasteiger partial charge in [-0.1, -0.05) is 0 Å². The van der Waals surface area contributed by atoms with E-state index < -0.39 is 34.4 Å². The lowest BCUT2D eigenvalue weighted by Crippen LogP contribution is -2.57. The summed E-state index contributed by atoms with van der Waals surface area (Å²) >= 11 is 0. The largest absolute Gasteiger partial charge is 0.481 e. The monoisotopic (exact) mass is 302 g/mol. The van der Waals surface area contributed by atoms with E-state index in [0.717, 1.165) is 4.31 Å². The van der Waals surface area contributed by atoms with Gasteiger partial charge in [-0.05, 0) is 6.07 Å². The summed E-state index contributed by atoms with van der Waals surface area (Å²) in [5.74, 6) is -1.85. The van der Waals surface area contributed by atoms with Gasteiger partial charge in [-0.15, -0.1) is 0 Å². The van der Waals surface area contributed by atoms with Crippen molar-refractivity contribution in [2.75, 3.05) is 13.1 Å². The van der Waals surface area contributed by atoms with Gasteiger partial charge in [-0.2, -0.15) is 9.40 Å². The van der Waals surface area contributed by atoms with Gasteiger partial charge in [0.25, 0.3) is 10.0 Å². The maximum Gasteiger partial charge on any atom is 0.305 e. The molecule has 110 valence electrons. The zero-order valence-electron chi connectivity index (χ0n) is 10.7. The molecule has 1 amide bonds. The van der Waals surface area contributed by atoms with Gasteiger partial charge >= 0.3 is 5.97 Å². The van der Waals surface area contributed by atoms with Gasteiger partial charge in [0.2, 0.25) is 5.91 Å². The van der Waals surface area contributed by atoms with Crippen LogP contribution in [0.5, 0.6) is 0 Å². The summed E-state index contributed by atoms with van der Waals surface area (Å²) in [4.78, 5) is 22.6. The Morgan fingerprint density at radius 1 is 1.60 bits per heavy atom. The van der Waals surface area contributed by atoms with Crippen molar-refractivity contribution in [2.24, 2.45) is 7.05 Å². The average molecular weight is 302 g/mol. The highest BCUT2D eigenvalue weighted by Crippen LogP contribution is 2.20. The number of aliphatic carboxylic acids is 1. The fraction of sp³-hybridized carbons (Fsp3) is 0.500. The van der Waals surface area contributed by atoms with Crippen molar-refractivity contribution in [1.29, 1.82) is 0 Å². The molecule has 9 nitrogen and oxygen atoms in total. The van der Waals surface area contributed by atoms with Gasteiger partial charge in [0, 0.05) is 20.1 Å². The minimum atomic E-state index is -3.97. The second-order valence-electron chi connectivity index (χ2n) is 4.31. The van der Waals surface area contributed by atoms with Crippen LogP contribution in [0.3, 0.4) is 0 Å². The molecule has 0 spiro atoms. The molecule has 2 heterocycles. The Balaban J connectivity index is 2.40. The van der Waals surface area contributed by atoms with Crippen molar-refractivity contribution >= 4 is 21.9 Å². The Bertz CT molecular complexity index is 638. The average Bonchev–Trinajstić information content (AvgIpc) is 2.78. The quantitative estimate of drug-likeness (QED) is 0.689. The molecular weight excluding hydrogens is 288 g/mol. The summed E-state index contributed by atoms with van der Waals surface area (Å²) in [5.41, 5.74) is 0. The van der Waals surface area contributed by atoms with Crippen molar-refractivity contribution in [2.45, 2.75) is 17.5 Å². The standard InChI is InChI=1S/C10H14N4O5S/c1-13-8(2-3-12-13)20(18,19)14-5-4-11-10(17)7(14)6-9(15)16/h2-3,7H,4-6H2,1H3,(H,11,17)(H,15,16). The molecule has 2 N–H and O–H groups in total. The Kier molecular flexibility index (Phi) is 3.77. The Hall–Kier alpha value is -1.94. The van der Waals surface area contributed by atoms with Crippen molar-refractivity contribution in [3.8, 4) is 0 Å². The number of aryl methyl sites for hydroxylation is 1. The lowest BCUT2D eigenvalue weighted by molar-refractivity contribution is -0.141. The first-order valence-electron chi connectivity index (χ1n) is 5.83. The van der Waals surface area contributed by atoms with E-state index in [1.807, 2.05) is 0 Å². The first kappa shape index (κ1) is 14.5. The molecule has 1 saturated heterocycles. The van der Waals surface area contributed by atoms with Crippen LogP contribution >= 0.6 is 0 Å². The Morgan fingerprint density at radius 2 is 2.30 bits per heavy atom. The zero-order valence-corrected chi connectivity index (χ0v) is 11.5. The maximum absolute atomic E-state index is 12.5. The number of nitrogens with one attached hydrogen (secondary N) is 1. The second kappa shape index (κ2) is 5.21. The molecule has 0 bridgehead atoms. The number of nitrogens with zero attached hydrogens (tertiary/aromatic N) is 3. The number of carbonyl (C=O) groups is 2. The smallest absolute Gasteiger partial charge is 0.305 e. The van der Waals surface area contributed by atoms with Crippen molar-refractivity contribution < 1.29 is 23.1 Å². The van der Waals surface area contributed by atoms with Gasteiger partial charge in [-0.25, -0.2) is 8.42 Å². The normalized spacial score (nSPS) is 20.6. The molecule has 1 unspecified atom stereocenters. The number of carboxylic acids is 1. The molecule has 1 aliphatic rings. The molecule has 0 radical (unpaired) electrons. The van der Waals surface area contributed by atoms with Gasteiger partial charge < -0.3 is 10.4 Å². The van der Waals surface area contributed by atoms with Gasteiger partial charge in [-0.3, -0.25) is 14.3 Å². The van der Waals surface area contributed by atoms with Gasteiger partial charge in [0.1, 0.15) is 6.04 Å². The van der Waals surface area contributed by atoms with Crippen LogP contribution in [0.1, 0.15) is 6.42 Å². The van der Waals surface area contributed by atoms with Crippen LogP contribution in [0.2, 0.25) is 0 Å². The molecule has 1 aliphatic heterocycles. The predicted octanol–water partition coefficient (Wildman–Crippen LogP) is -1.62. The molecule has 0 aliphatic carbocycles. The summed E-state index contributed by atoms with van der Waals surface area (Å²) < 4.78 is 27.1. The molecule has 10 heteroatoms. The number of hydrogen-bond acceptors (Lipinski definition) is 5. The predicted molar refractivity (Wildman–Crippen MR) is 66.2 cm³/mol. The lowest BCUT2D eigenvalue weighted by Gasteiger charge is -2.32. The summed E-state index contributed by atoms with van der Waals surface area (Å²) in [6.07, 6.45) is 0.742. The van der Waals surface area contributed by atoms with Crippen LogP contribution in [0, 0.1) is 0 Å². The third-order valence-electron chi connectivity index (χ3n) is 3.00. The van der Waals surface area contributed by atoms with Crippen LogP contribution in [-0.4, -0.2) is 58.6 Å². The topological polar surface area (TPSA) is 122 Å². The van der Waals surface area contributed by atoms with Gasteiger partial charge in [0.05, 0.1) is 12.6 Å². The molecule has 20 heavy (non-hydrogen) atoms. The molecule has 1 aromatic rings. The highest BCUT2D eigenvalue weighted by Gasteiger charge is 2.40. The van der Waals surface area contributed by atoms with Gasteiger partial charge in [0.15, 0.2) is 5.03 Å². The number of hydrogen-bond donors (Lipinski definition) is 2. The molecule has 2 rings (SSSR count). The van der Waals surface area contributed by atoms with E-state index in [1.54, 1.807) is 0 Å². The number of amides is 1. The SMILES string of the molecule is Cn1nccc1S(=O)(=O)N1CCNC(=O)C1CC(=O)O. The fourth-order valence-corrected chi connectivity index (χ4v) is 3.77. The number of aromatic nitrogens is 2. The molecule has 1 aromatic heterocycles. The summed E-state index contributed by atoms with van der Waals surface area (Å²) in [7, 11) is -2.51. The van der Waals surface area contributed by atoms with Crippen LogP contribution in [0.15, 0.2) is 17.3 Å². The van der Waals surface area contributed by atoms with Crippen LogP contribution < -0.4 is 5.32 Å². The number of piperazine rings is 1. The molecule has 1 fully saturated rings. The van der Waals surface area contributed by atoms with E-state index in [1.165, 1.54) is 24.0 Å².